The van der Waals surface area contributed by atoms with Gasteiger partial charge in [0.15, 0.2) is 0 Å². The van der Waals surface area contributed by atoms with Crippen LogP contribution < -0.4 is 10.6 Å². The highest BCUT2D eigenvalue weighted by Crippen LogP contribution is 2.17. The zero-order valence-electron chi connectivity index (χ0n) is 15.9. The summed E-state index contributed by atoms with van der Waals surface area (Å²) >= 11 is 0. The van der Waals surface area contributed by atoms with E-state index in [0.717, 1.165) is 22.3 Å². The lowest BCUT2D eigenvalue weighted by atomic mass is 10.1. The molecule has 144 valence electrons. The van der Waals surface area contributed by atoms with Gasteiger partial charge in [-0.2, -0.15) is 0 Å². The van der Waals surface area contributed by atoms with Gasteiger partial charge in [0.2, 0.25) is 0 Å². The van der Waals surface area contributed by atoms with Crippen molar-refractivity contribution in [3.8, 4) is 0 Å². The topological polar surface area (TPSA) is 87.7 Å². The van der Waals surface area contributed by atoms with Crippen molar-refractivity contribution in [1.82, 2.24) is 5.32 Å². The molecular weight excluding hydrogens is 344 g/mol. The Labute approximate surface area is 159 Å². The van der Waals surface area contributed by atoms with Crippen LogP contribution in [-0.4, -0.2) is 36.7 Å². The number of nitrogens with one attached hydrogen (secondary N) is 2. The zero-order valence-corrected chi connectivity index (χ0v) is 15.9. The van der Waals surface area contributed by atoms with Crippen LogP contribution in [0.2, 0.25) is 0 Å². The third-order valence-electron chi connectivity index (χ3n) is 4.28. The Bertz CT molecular complexity index is 787. The maximum atomic E-state index is 12.1. The first-order chi connectivity index (χ1) is 12.9. The van der Waals surface area contributed by atoms with E-state index in [0.29, 0.717) is 5.69 Å². The van der Waals surface area contributed by atoms with Crippen molar-refractivity contribution in [2.24, 2.45) is 0 Å². The second-order valence-electron chi connectivity index (χ2n) is 6.46. The maximum Gasteiger partial charge on any atom is 0.313 e. The van der Waals surface area contributed by atoms with Crippen LogP contribution in [0.15, 0.2) is 42.5 Å². The molecule has 0 aliphatic heterocycles. The van der Waals surface area contributed by atoms with E-state index < -0.39 is 17.9 Å². The predicted molar refractivity (Wildman–Crippen MR) is 105 cm³/mol. The van der Waals surface area contributed by atoms with Crippen LogP contribution in [0.5, 0.6) is 0 Å². The Hall–Kier alpha value is -2.70. The number of ether oxygens (including phenoxy) is 1. The molecule has 6 nitrogen and oxygen atoms in total. The smallest absolute Gasteiger partial charge is 0.313 e. The summed E-state index contributed by atoms with van der Waals surface area (Å²) in [5.41, 5.74) is 4.69. The fourth-order valence-electron chi connectivity index (χ4n) is 2.52. The molecule has 2 amide bonds. The van der Waals surface area contributed by atoms with Gasteiger partial charge in [0, 0.05) is 12.2 Å². The molecule has 0 radical (unpaired) electrons. The lowest BCUT2D eigenvalue weighted by Gasteiger charge is -2.18. The van der Waals surface area contributed by atoms with Crippen LogP contribution >= 0.6 is 0 Å². The first-order valence-corrected chi connectivity index (χ1v) is 8.86. The Balaban J connectivity index is 1.96. The summed E-state index contributed by atoms with van der Waals surface area (Å²) in [4.78, 5) is 24.2. The molecule has 0 saturated heterocycles. The average molecular weight is 370 g/mol. The normalized spacial score (nSPS) is 11.7. The molecule has 0 fully saturated rings. The second kappa shape index (κ2) is 9.85. The van der Waals surface area contributed by atoms with Crippen molar-refractivity contribution in [3.63, 3.8) is 0 Å². The van der Waals surface area contributed by atoms with Crippen molar-refractivity contribution >= 4 is 17.5 Å². The molecule has 3 N–H and O–H groups in total. The Morgan fingerprint density at radius 1 is 1.00 bits per heavy atom. The van der Waals surface area contributed by atoms with E-state index in [9.17, 15) is 9.59 Å². The molecular formula is C21H26N2O4. The number of aliphatic hydroxyl groups is 1. The fourth-order valence-corrected chi connectivity index (χ4v) is 2.52. The largest absolute Gasteiger partial charge is 0.394 e. The van der Waals surface area contributed by atoms with Gasteiger partial charge in [0.25, 0.3) is 0 Å². The molecule has 1 atom stereocenters. The lowest BCUT2D eigenvalue weighted by molar-refractivity contribution is -0.136. The van der Waals surface area contributed by atoms with Crippen LogP contribution in [0.3, 0.4) is 0 Å². The number of hydrogen-bond acceptors (Lipinski definition) is 4. The molecule has 0 spiro atoms. The fraction of sp³-hybridized carbons (Fsp3) is 0.333. The van der Waals surface area contributed by atoms with Gasteiger partial charge >= 0.3 is 11.8 Å². The van der Waals surface area contributed by atoms with Gasteiger partial charge in [-0.15, -0.1) is 0 Å². The maximum absolute atomic E-state index is 12.1. The second-order valence-corrected chi connectivity index (χ2v) is 6.46. The summed E-state index contributed by atoms with van der Waals surface area (Å²) in [6, 6.07) is 13.2. The van der Waals surface area contributed by atoms with Gasteiger partial charge in [-0.25, -0.2) is 0 Å². The van der Waals surface area contributed by atoms with Crippen molar-refractivity contribution < 1.29 is 19.4 Å². The van der Waals surface area contributed by atoms with E-state index >= 15 is 0 Å². The van der Waals surface area contributed by atoms with Gasteiger partial charge in [-0.1, -0.05) is 35.9 Å². The van der Waals surface area contributed by atoms with Crippen molar-refractivity contribution in [3.05, 3.63) is 64.7 Å². The molecule has 0 heterocycles. The summed E-state index contributed by atoms with van der Waals surface area (Å²) < 4.78 is 5.60. The minimum atomic E-state index is -0.738. The van der Waals surface area contributed by atoms with Crippen LogP contribution in [0.25, 0.3) is 0 Å². The van der Waals surface area contributed by atoms with Gasteiger partial charge in [-0.05, 0) is 49.6 Å². The lowest BCUT2D eigenvalue weighted by Crippen LogP contribution is -2.38. The Morgan fingerprint density at radius 2 is 1.70 bits per heavy atom. The van der Waals surface area contributed by atoms with Crippen LogP contribution in [0.4, 0.5) is 5.69 Å². The summed E-state index contributed by atoms with van der Waals surface area (Å²) in [7, 11) is 0. The number of aliphatic hydroxyl groups excluding tert-OH is 1. The molecule has 6 heteroatoms. The van der Waals surface area contributed by atoms with Crippen molar-refractivity contribution in [2.45, 2.75) is 26.9 Å². The number of rotatable bonds is 7. The van der Waals surface area contributed by atoms with Gasteiger partial charge < -0.3 is 20.5 Å². The van der Waals surface area contributed by atoms with Crippen LogP contribution in [-0.2, 0) is 14.3 Å². The molecule has 0 aliphatic carbocycles. The molecule has 2 aromatic carbocycles. The van der Waals surface area contributed by atoms with E-state index in [1.165, 1.54) is 0 Å². The highest BCUT2D eigenvalue weighted by Gasteiger charge is 2.18. The molecule has 0 aliphatic rings. The number of hydrogen-bond donors (Lipinski definition) is 3. The number of benzene rings is 2. The first kappa shape index (κ1) is 20.6. The summed E-state index contributed by atoms with van der Waals surface area (Å²) in [6.45, 7) is 6.04. The molecule has 0 saturated carbocycles. The number of carbonyl (C=O) groups excluding carboxylic acids is 2. The van der Waals surface area contributed by atoms with E-state index in [2.05, 4.69) is 10.6 Å². The monoisotopic (exact) mass is 370 g/mol. The number of amides is 2. The molecule has 0 bridgehead atoms. The number of carbonyl (C=O) groups is 2. The summed E-state index contributed by atoms with van der Waals surface area (Å²) in [6.07, 6.45) is -0.448. The van der Waals surface area contributed by atoms with Gasteiger partial charge in [-0.3, -0.25) is 9.59 Å². The average Bonchev–Trinajstić information content (AvgIpc) is 2.65. The number of aryl methyl sites for hydroxylation is 3. The third kappa shape index (κ3) is 6.20. The Morgan fingerprint density at radius 3 is 2.33 bits per heavy atom. The van der Waals surface area contributed by atoms with E-state index in [1.54, 1.807) is 6.07 Å². The summed E-state index contributed by atoms with van der Waals surface area (Å²) in [5.74, 6) is -1.47. The molecule has 2 rings (SSSR count). The minimum Gasteiger partial charge on any atom is -0.394 e. The predicted octanol–water partition coefficient (Wildman–Crippen LogP) is 2.42. The third-order valence-corrected chi connectivity index (χ3v) is 4.28. The van der Waals surface area contributed by atoms with E-state index in [1.807, 2.05) is 57.2 Å². The van der Waals surface area contributed by atoms with Crippen LogP contribution in [0.1, 0.15) is 28.4 Å². The van der Waals surface area contributed by atoms with E-state index in [4.69, 9.17) is 9.84 Å². The van der Waals surface area contributed by atoms with Crippen molar-refractivity contribution in [1.29, 1.82) is 0 Å². The SMILES string of the molecule is Cc1ccc([C@@H](CNC(=O)C(=O)Nc2ccc(C)c(C)c2)OCCO)cc1. The van der Waals surface area contributed by atoms with Gasteiger partial charge in [0.05, 0.1) is 19.3 Å². The minimum absolute atomic E-state index is 0.121. The first-order valence-electron chi connectivity index (χ1n) is 8.86. The number of anilines is 1. The molecule has 0 aromatic heterocycles. The highest BCUT2D eigenvalue weighted by molar-refractivity contribution is 6.39. The molecule has 0 unspecified atom stereocenters. The summed E-state index contributed by atoms with van der Waals surface area (Å²) in [5, 5.41) is 14.2. The standard InChI is InChI=1S/C21H26N2O4/c1-14-4-7-17(8-5-14)19(27-11-10-24)13-22-20(25)21(26)23-18-9-6-15(2)16(3)12-18/h4-9,12,19,24H,10-11,13H2,1-3H3,(H,22,25)(H,23,26)/t19-/m1/s1. The van der Waals surface area contributed by atoms with Gasteiger partial charge in [0.1, 0.15) is 0 Å². The molecule has 27 heavy (non-hydrogen) atoms. The zero-order chi connectivity index (χ0) is 19.8. The quantitative estimate of drug-likeness (QED) is 0.653. The highest BCUT2D eigenvalue weighted by atomic mass is 16.5. The van der Waals surface area contributed by atoms with Crippen molar-refractivity contribution in [2.75, 3.05) is 25.1 Å². The molecule has 2 aromatic rings. The Kier molecular flexibility index (Phi) is 7.52. The van der Waals surface area contributed by atoms with E-state index in [-0.39, 0.29) is 19.8 Å². The van der Waals surface area contributed by atoms with Crippen LogP contribution in [0, 0.1) is 20.8 Å².